The minimum atomic E-state index is -0.224. The molecule has 3 aromatic rings. The lowest BCUT2D eigenvalue weighted by atomic mass is 9.89. The number of hydrogen-bond acceptors (Lipinski definition) is 4. The van der Waals surface area contributed by atoms with Crippen molar-refractivity contribution in [2.75, 3.05) is 18.0 Å². The van der Waals surface area contributed by atoms with Crippen LogP contribution in [0.25, 0.3) is 11.0 Å². The molecular formula is C22H24N4O. The van der Waals surface area contributed by atoms with Crippen LogP contribution in [0.4, 0.5) is 5.82 Å². The zero-order chi connectivity index (χ0) is 18.2. The topological polar surface area (TPSA) is 51.0 Å². The van der Waals surface area contributed by atoms with Gasteiger partial charge in [0.15, 0.2) is 5.52 Å². The summed E-state index contributed by atoms with van der Waals surface area (Å²) in [6, 6.07) is 14.9. The van der Waals surface area contributed by atoms with E-state index in [9.17, 15) is 4.79 Å². The van der Waals surface area contributed by atoms with E-state index in [1.165, 1.54) is 18.4 Å². The molecule has 1 aliphatic carbocycles. The number of fused-ring (bicyclic) bond motifs is 1. The Morgan fingerprint density at radius 1 is 0.963 bits per heavy atom. The highest BCUT2D eigenvalue weighted by molar-refractivity contribution is 5.75. The highest BCUT2D eigenvalue weighted by atomic mass is 16.1. The van der Waals surface area contributed by atoms with Crippen LogP contribution in [0.2, 0.25) is 0 Å². The van der Waals surface area contributed by atoms with Gasteiger partial charge in [-0.05, 0) is 55.2 Å². The molecule has 0 N–H and O–H groups in total. The van der Waals surface area contributed by atoms with Crippen LogP contribution >= 0.6 is 0 Å². The number of piperidine rings is 1. The molecule has 5 heteroatoms. The molecule has 2 aromatic heterocycles. The molecule has 2 aliphatic rings. The number of rotatable bonds is 4. The quantitative estimate of drug-likeness (QED) is 0.713. The van der Waals surface area contributed by atoms with E-state index >= 15 is 0 Å². The third kappa shape index (κ3) is 3.34. The number of pyridine rings is 1. The van der Waals surface area contributed by atoms with Crippen LogP contribution in [0.1, 0.15) is 37.2 Å². The van der Waals surface area contributed by atoms with E-state index < -0.39 is 0 Å². The lowest BCUT2D eigenvalue weighted by Crippen LogP contribution is -2.33. The van der Waals surface area contributed by atoms with Crippen molar-refractivity contribution in [3.8, 4) is 0 Å². The minimum Gasteiger partial charge on any atom is -0.357 e. The van der Waals surface area contributed by atoms with Gasteiger partial charge in [0.05, 0.1) is 11.8 Å². The van der Waals surface area contributed by atoms with Gasteiger partial charge in [0.1, 0.15) is 5.82 Å². The smallest absolute Gasteiger partial charge is 0.299 e. The Morgan fingerprint density at radius 3 is 2.48 bits per heavy atom. The third-order valence-electron chi connectivity index (χ3n) is 5.93. The van der Waals surface area contributed by atoms with Crippen molar-refractivity contribution in [1.82, 2.24) is 14.5 Å². The van der Waals surface area contributed by atoms with Crippen LogP contribution in [-0.4, -0.2) is 27.6 Å². The average Bonchev–Trinajstić information content (AvgIpc) is 3.55. The van der Waals surface area contributed by atoms with Gasteiger partial charge in [-0.1, -0.05) is 30.3 Å². The summed E-state index contributed by atoms with van der Waals surface area (Å²) in [6.07, 6.45) is 6.45. The van der Waals surface area contributed by atoms with Crippen molar-refractivity contribution < 1.29 is 0 Å². The zero-order valence-corrected chi connectivity index (χ0v) is 15.4. The summed E-state index contributed by atoms with van der Waals surface area (Å²) in [7, 11) is 0. The Hall–Kier alpha value is -2.69. The Bertz CT molecular complexity index is 1000. The van der Waals surface area contributed by atoms with E-state index in [4.69, 9.17) is 4.98 Å². The van der Waals surface area contributed by atoms with Crippen molar-refractivity contribution in [2.24, 2.45) is 5.92 Å². The van der Waals surface area contributed by atoms with Gasteiger partial charge in [-0.2, -0.15) is 4.98 Å². The lowest BCUT2D eigenvalue weighted by Gasteiger charge is -2.33. The summed E-state index contributed by atoms with van der Waals surface area (Å²) in [5.41, 5.74) is 2.61. The molecule has 1 aromatic carbocycles. The first kappa shape index (κ1) is 16.5. The number of benzene rings is 1. The van der Waals surface area contributed by atoms with E-state index in [0.29, 0.717) is 11.4 Å². The summed E-state index contributed by atoms with van der Waals surface area (Å²) < 4.78 is 2.09. The van der Waals surface area contributed by atoms with Crippen LogP contribution in [-0.2, 0) is 6.54 Å². The first-order valence-electron chi connectivity index (χ1n) is 9.94. The second-order valence-corrected chi connectivity index (χ2v) is 7.85. The van der Waals surface area contributed by atoms with Gasteiger partial charge in [-0.15, -0.1) is 0 Å². The van der Waals surface area contributed by atoms with E-state index in [2.05, 4.69) is 50.8 Å². The van der Waals surface area contributed by atoms with Crippen LogP contribution in [0.15, 0.2) is 53.6 Å². The second kappa shape index (κ2) is 6.80. The zero-order valence-electron chi connectivity index (χ0n) is 15.4. The van der Waals surface area contributed by atoms with Gasteiger partial charge >= 0.3 is 0 Å². The maximum Gasteiger partial charge on any atom is 0.299 e. The van der Waals surface area contributed by atoms with E-state index in [-0.39, 0.29) is 5.56 Å². The van der Waals surface area contributed by atoms with Crippen molar-refractivity contribution in [1.29, 1.82) is 0 Å². The molecule has 3 heterocycles. The molecule has 1 saturated carbocycles. The van der Waals surface area contributed by atoms with Crippen LogP contribution in [0.5, 0.6) is 0 Å². The molecule has 0 spiro atoms. The average molecular weight is 360 g/mol. The monoisotopic (exact) mass is 360 g/mol. The summed E-state index contributed by atoms with van der Waals surface area (Å²) in [5.74, 6) is 2.24. The van der Waals surface area contributed by atoms with E-state index in [1.807, 2.05) is 6.07 Å². The predicted molar refractivity (Wildman–Crippen MR) is 107 cm³/mol. The molecule has 1 aliphatic heterocycles. The molecule has 27 heavy (non-hydrogen) atoms. The van der Waals surface area contributed by atoms with Crippen molar-refractivity contribution >= 4 is 16.9 Å². The summed E-state index contributed by atoms with van der Waals surface area (Å²) in [5, 5.41) is 0. The molecule has 0 bridgehead atoms. The Kier molecular flexibility index (Phi) is 4.15. The fourth-order valence-electron chi connectivity index (χ4n) is 4.14. The van der Waals surface area contributed by atoms with Gasteiger partial charge in [0, 0.05) is 19.6 Å². The lowest BCUT2D eigenvalue weighted by molar-refractivity contribution is 0.503. The van der Waals surface area contributed by atoms with Gasteiger partial charge in [-0.3, -0.25) is 4.79 Å². The maximum absolute atomic E-state index is 12.3. The molecule has 0 radical (unpaired) electrons. The number of hydrogen-bond donors (Lipinski definition) is 0. The molecule has 0 amide bonds. The van der Waals surface area contributed by atoms with E-state index in [1.54, 1.807) is 6.33 Å². The van der Waals surface area contributed by atoms with Crippen molar-refractivity contribution in [3.63, 3.8) is 0 Å². The van der Waals surface area contributed by atoms with Crippen LogP contribution < -0.4 is 10.5 Å². The Balaban J connectivity index is 1.38. The van der Waals surface area contributed by atoms with Gasteiger partial charge in [0.25, 0.3) is 5.56 Å². The highest BCUT2D eigenvalue weighted by Gasteiger charge is 2.24. The third-order valence-corrected chi connectivity index (χ3v) is 5.93. The highest BCUT2D eigenvalue weighted by Crippen LogP contribution is 2.32. The maximum atomic E-state index is 12.3. The summed E-state index contributed by atoms with van der Waals surface area (Å²) in [6.45, 7) is 2.87. The largest absolute Gasteiger partial charge is 0.357 e. The number of nitrogens with zero attached hydrogens (tertiary/aromatic N) is 4. The first-order valence-corrected chi connectivity index (χ1v) is 9.94. The summed E-state index contributed by atoms with van der Waals surface area (Å²) >= 11 is 0. The number of anilines is 1. The molecule has 1 saturated heterocycles. The second-order valence-electron chi connectivity index (χ2n) is 7.85. The van der Waals surface area contributed by atoms with Crippen LogP contribution in [0.3, 0.4) is 0 Å². The Morgan fingerprint density at radius 2 is 1.74 bits per heavy atom. The van der Waals surface area contributed by atoms with E-state index in [0.717, 1.165) is 49.7 Å². The Labute approximate surface area is 158 Å². The van der Waals surface area contributed by atoms with Gasteiger partial charge in [0.2, 0.25) is 0 Å². The van der Waals surface area contributed by atoms with Gasteiger partial charge < -0.3 is 9.47 Å². The molecule has 2 fully saturated rings. The predicted octanol–water partition coefficient (Wildman–Crippen LogP) is 3.59. The standard InChI is InChI=1S/C22H24N4O/c27-22-21-19(26(15-23-22)14-16-6-7-16)8-9-20(24-21)25-12-10-18(11-13-25)17-4-2-1-3-5-17/h1-5,8-9,15-16,18H,6-7,10-14H2. The molecule has 5 rings (SSSR count). The van der Waals surface area contributed by atoms with Crippen molar-refractivity contribution in [2.45, 2.75) is 38.1 Å². The molecular weight excluding hydrogens is 336 g/mol. The van der Waals surface area contributed by atoms with Crippen molar-refractivity contribution in [3.05, 3.63) is 64.7 Å². The molecule has 5 nitrogen and oxygen atoms in total. The summed E-state index contributed by atoms with van der Waals surface area (Å²) in [4.78, 5) is 23.4. The molecule has 0 unspecified atom stereocenters. The SMILES string of the molecule is O=c1ncn(CC2CC2)c2ccc(N3CCC(c4ccccc4)CC3)nc12. The number of aromatic nitrogens is 3. The van der Waals surface area contributed by atoms with Crippen LogP contribution in [0, 0.1) is 5.92 Å². The normalized spacial score (nSPS) is 18.1. The fraction of sp³-hybridized carbons (Fsp3) is 0.409. The van der Waals surface area contributed by atoms with Gasteiger partial charge in [-0.25, -0.2) is 4.98 Å². The fourth-order valence-corrected chi connectivity index (χ4v) is 4.14. The first-order chi connectivity index (χ1) is 13.3. The molecule has 138 valence electrons. The molecule has 0 atom stereocenters. The minimum absolute atomic E-state index is 0.224.